The third-order valence-corrected chi connectivity index (χ3v) is 6.15. The molecule has 0 spiro atoms. The molecule has 0 radical (unpaired) electrons. The molecule has 1 saturated heterocycles. The monoisotopic (exact) mass is 469 g/mol. The van der Waals surface area contributed by atoms with Crippen molar-refractivity contribution >= 4 is 34.1 Å². The molecule has 35 heavy (non-hydrogen) atoms. The van der Waals surface area contributed by atoms with E-state index in [9.17, 15) is 14.9 Å². The number of amides is 1. The predicted octanol–water partition coefficient (Wildman–Crippen LogP) is 3.41. The van der Waals surface area contributed by atoms with Gasteiger partial charge in [0.05, 0.1) is 16.7 Å². The molecule has 174 valence electrons. The largest absolute Gasteiger partial charge is 0.459 e. The molecular weight excluding hydrogens is 450 g/mol. The zero-order valence-electron chi connectivity index (χ0n) is 18.4. The molecule has 1 fully saturated rings. The highest BCUT2D eigenvalue weighted by atomic mass is 16.6. The van der Waals surface area contributed by atoms with Crippen LogP contribution in [0.3, 0.4) is 0 Å². The minimum Gasteiger partial charge on any atom is -0.459 e. The van der Waals surface area contributed by atoms with E-state index in [-0.39, 0.29) is 11.6 Å². The molecule has 1 amide bonds. The summed E-state index contributed by atoms with van der Waals surface area (Å²) in [5, 5.41) is 20.8. The Morgan fingerprint density at radius 2 is 1.71 bits per heavy atom. The van der Waals surface area contributed by atoms with Gasteiger partial charge in [0.25, 0.3) is 11.6 Å². The normalized spacial score (nSPS) is 14.1. The van der Waals surface area contributed by atoms with Crippen molar-refractivity contribution < 1.29 is 14.1 Å². The summed E-state index contributed by atoms with van der Waals surface area (Å²) in [5.41, 5.74) is 2.12. The van der Waals surface area contributed by atoms with Crippen LogP contribution in [-0.2, 0) is 0 Å². The smallest absolute Gasteiger partial charge is 0.289 e. The van der Waals surface area contributed by atoms with E-state index in [2.05, 4.69) is 15.1 Å². The first kappa shape index (κ1) is 20.8. The molecule has 0 unspecified atom stereocenters. The number of benzene rings is 2. The molecular formula is C24H19N7O4. The van der Waals surface area contributed by atoms with Gasteiger partial charge in [-0.3, -0.25) is 14.9 Å². The van der Waals surface area contributed by atoms with Crippen LogP contribution in [0.5, 0.6) is 0 Å². The van der Waals surface area contributed by atoms with Crippen molar-refractivity contribution in [2.75, 3.05) is 31.1 Å². The summed E-state index contributed by atoms with van der Waals surface area (Å²) in [6, 6.07) is 17.3. The molecule has 0 N–H and O–H groups in total. The van der Waals surface area contributed by atoms with E-state index in [1.54, 1.807) is 29.2 Å². The van der Waals surface area contributed by atoms with Crippen LogP contribution in [0.1, 0.15) is 10.6 Å². The van der Waals surface area contributed by atoms with Crippen molar-refractivity contribution in [1.82, 2.24) is 24.5 Å². The lowest BCUT2D eigenvalue weighted by molar-refractivity contribution is -0.384. The molecule has 0 saturated carbocycles. The molecule has 0 aliphatic carbocycles. The Labute approximate surface area is 198 Å². The third kappa shape index (κ3) is 3.53. The zero-order chi connectivity index (χ0) is 23.9. The number of nitro groups is 1. The molecule has 2 aromatic carbocycles. The standard InChI is InChI=1S/C24H19N7O4/c32-23(20-6-3-15-35-20)28-11-13-29(14-12-28)24-25-19-5-2-1-4-18(19)22-27-26-21(30(22)24)16-7-9-17(10-8-16)31(33)34/h1-10,15H,11-14H2. The number of hydrogen-bond donors (Lipinski definition) is 0. The highest BCUT2D eigenvalue weighted by Gasteiger charge is 2.27. The summed E-state index contributed by atoms with van der Waals surface area (Å²) in [4.78, 5) is 32.1. The Morgan fingerprint density at radius 1 is 0.943 bits per heavy atom. The van der Waals surface area contributed by atoms with Gasteiger partial charge < -0.3 is 14.2 Å². The number of piperazine rings is 1. The Hall–Kier alpha value is -4.80. The van der Waals surface area contributed by atoms with Crippen LogP contribution in [0.4, 0.5) is 11.6 Å². The minimum absolute atomic E-state index is 0.00344. The number of carbonyl (C=O) groups is 1. The van der Waals surface area contributed by atoms with Gasteiger partial charge in [-0.25, -0.2) is 9.38 Å². The average Bonchev–Trinajstić information content (AvgIpc) is 3.59. The number of rotatable bonds is 4. The minimum atomic E-state index is -0.435. The number of non-ortho nitro benzene ring substituents is 1. The molecule has 11 nitrogen and oxygen atoms in total. The van der Waals surface area contributed by atoms with Crippen molar-refractivity contribution in [3.8, 4) is 11.4 Å². The Balaban J connectivity index is 1.41. The van der Waals surface area contributed by atoms with E-state index >= 15 is 0 Å². The third-order valence-electron chi connectivity index (χ3n) is 6.15. The predicted molar refractivity (Wildman–Crippen MR) is 127 cm³/mol. The Morgan fingerprint density at radius 3 is 2.43 bits per heavy atom. The van der Waals surface area contributed by atoms with Gasteiger partial charge in [0.15, 0.2) is 17.2 Å². The number of hydrogen-bond acceptors (Lipinski definition) is 8. The number of anilines is 1. The van der Waals surface area contributed by atoms with Crippen molar-refractivity contribution in [2.45, 2.75) is 0 Å². The first-order chi connectivity index (χ1) is 17.1. The van der Waals surface area contributed by atoms with Crippen LogP contribution in [0.15, 0.2) is 71.3 Å². The number of para-hydroxylation sites is 1. The lowest BCUT2D eigenvalue weighted by atomic mass is 10.2. The Bertz CT molecular complexity index is 1550. The zero-order valence-corrected chi connectivity index (χ0v) is 18.4. The van der Waals surface area contributed by atoms with Gasteiger partial charge in [-0.1, -0.05) is 12.1 Å². The van der Waals surface area contributed by atoms with Crippen LogP contribution in [0.2, 0.25) is 0 Å². The van der Waals surface area contributed by atoms with Gasteiger partial charge in [0.2, 0.25) is 5.95 Å². The maximum absolute atomic E-state index is 12.7. The second-order valence-corrected chi connectivity index (χ2v) is 8.17. The number of nitrogens with zero attached hydrogens (tertiary/aromatic N) is 7. The van der Waals surface area contributed by atoms with Crippen LogP contribution in [0.25, 0.3) is 27.9 Å². The maximum atomic E-state index is 12.7. The van der Waals surface area contributed by atoms with Crippen LogP contribution in [0, 0.1) is 10.1 Å². The highest BCUT2D eigenvalue weighted by Crippen LogP contribution is 2.29. The summed E-state index contributed by atoms with van der Waals surface area (Å²) in [6.45, 7) is 2.13. The molecule has 1 aliphatic heterocycles. The van der Waals surface area contributed by atoms with Gasteiger partial charge in [-0.15, -0.1) is 10.2 Å². The second kappa shape index (κ2) is 8.20. The van der Waals surface area contributed by atoms with Crippen molar-refractivity contribution in [1.29, 1.82) is 0 Å². The van der Waals surface area contributed by atoms with E-state index in [1.165, 1.54) is 18.4 Å². The first-order valence-electron chi connectivity index (χ1n) is 11.1. The van der Waals surface area contributed by atoms with Gasteiger partial charge >= 0.3 is 0 Å². The van der Waals surface area contributed by atoms with Gasteiger partial charge in [-0.05, 0) is 36.4 Å². The van der Waals surface area contributed by atoms with Gasteiger partial charge in [0, 0.05) is 49.3 Å². The lowest BCUT2D eigenvalue weighted by Crippen LogP contribution is -2.49. The SMILES string of the molecule is O=C(c1ccco1)N1CCN(c2nc3ccccc3c3nnc(-c4ccc([N+](=O)[O-])cc4)n23)CC1. The molecule has 1 aliphatic rings. The van der Waals surface area contributed by atoms with Crippen molar-refractivity contribution in [3.05, 3.63) is 82.8 Å². The summed E-state index contributed by atoms with van der Waals surface area (Å²) in [6.07, 6.45) is 1.49. The van der Waals surface area contributed by atoms with E-state index < -0.39 is 4.92 Å². The number of aromatic nitrogens is 4. The van der Waals surface area contributed by atoms with Gasteiger partial charge in [-0.2, -0.15) is 0 Å². The number of carbonyl (C=O) groups excluding carboxylic acids is 1. The van der Waals surface area contributed by atoms with Crippen molar-refractivity contribution in [3.63, 3.8) is 0 Å². The molecule has 5 aromatic rings. The summed E-state index contributed by atoms with van der Waals surface area (Å²) >= 11 is 0. The summed E-state index contributed by atoms with van der Waals surface area (Å²) in [5.74, 6) is 1.38. The Kier molecular flexibility index (Phi) is 4.87. The van der Waals surface area contributed by atoms with Crippen LogP contribution in [-0.4, -0.2) is 61.5 Å². The molecule has 0 atom stereocenters. The first-order valence-corrected chi connectivity index (χ1v) is 11.1. The van der Waals surface area contributed by atoms with E-state index in [0.29, 0.717) is 54.9 Å². The van der Waals surface area contributed by atoms with Crippen LogP contribution < -0.4 is 4.90 Å². The summed E-state index contributed by atoms with van der Waals surface area (Å²) < 4.78 is 7.15. The van der Waals surface area contributed by atoms with Crippen LogP contribution >= 0.6 is 0 Å². The molecule has 6 rings (SSSR count). The number of nitro benzene ring substituents is 1. The highest BCUT2D eigenvalue weighted by molar-refractivity contribution is 5.94. The van der Waals surface area contributed by atoms with E-state index in [4.69, 9.17) is 9.40 Å². The molecule has 0 bridgehead atoms. The lowest BCUT2D eigenvalue weighted by Gasteiger charge is -2.35. The fourth-order valence-corrected chi connectivity index (χ4v) is 4.36. The topological polar surface area (TPSA) is 123 Å². The maximum Gasteiger partial charge on any atom is 0.289 e. The molecule has 11 heteroatoms. The molecule has 3 aromatic heterocycles. The fraction of sp³-hybridized carbons (Fsp3) is 0.167. The summed E-state index contributed by atoms with van der Waals surface area (Å²) in [7, 11) is 0. The quantitative estimate of drug-likeness (QED) is 0.290. The van der Waals surface area contributed by atoms with E-state index in [0.717, 1.165) is 10.9 Å². The van der Waals surface area contributed by atoms with E-state index in [1.807, 2.05) is 28.7 Å². The second-order valence-electron chi connectivity index (χ2n) is 8.17. The number of furan rings is 1. The number of fused-ring (bicyclic) bond motifs is 3. The fourth-order valence-electron chi connectivity index (χ4n) is 4.36. The molecule has 4 heterocycles. The van der Waals surface area contributed by atoms with Crippen molar-refractivity contribution in [2.24, 2.45) is 0 Å². The average molecular weight is 469 g/mol. The van der Waals surface area contributed by atoms with Gasteiger partial charge in [0.1, 0.15) is 0 Å².